The molecular formula is C10H12N4S. The standard InChI is InChI=1S/C10H12N4S/c11-9-7-8(1-3-13-9)12-4-2-10-14-5-6-15-10/h1,3,5-7H,2,4H2,(H3,11,12,13). The van der Waals surface area contributed by atoms with E-state index in [4.69, 9.17) is 5.73 Å². The lowest BCUT2D eigenvalue weighted by atomic mass is 10.3. The summed E-state index contributed by atoms with van der Waals surface area (Å²) in [5.41, 5.74) is 6.56. The smallest absolute Gasteiger partial charge is 0.125 e. The monoisotopic (exact) mass is 220 g/mol. The number of thiazole rings is 1. The van der Waals surface area contributed by atoms with Gasteiger partial charge in [0.15, 0.2) is 0 Å². The van der Waals surface area contributed by atoms with E-state index in [1.165, 1.54) is 0 Å². The molecule has 0 saturated heterocycles. The van der Waals surface area contributed by atoms with E-state index in [2.05, 4.69) is 15.3 Å². The van der Waals surface area contributed by atoms with Crippen LogP contribution in [0.2, 0.25) is 0 Å². The fourth-order valence-corrected chi connectivity index (χ4v) is 1.87. The third kappa shape index (κ3) is 2.92. The predicted molar refractivity (Wildman–Crippen MR) is 63.0 cm³/mol. The zero-order valence-corrected chi connectivity index (χ0v) is 9.00. The summed E-state index contributed by atoms with van der Waals surface area (Å²) in [5, 5.41) is 6.40. The Labute approximate surface area is 92.2 Å². The summed E-state index contributed by atoms with van der Waals surface area (Å²) in [6.45, 7) is 0.858. The van der Waals surface area contributed by atoms with Crippen molar-refractivity contribution < 1.29 is 0 Å². The summed E-state index contributed by atoms with van der Waals surface area (Å²) in [6.07, 6.45) is 4.45. The second kappa shape index (κ2) is 4.75. The van der Waals surface area contributed by atoms with Crippen LogP contribution in [-0.2, 0) is 6.42 Å². The molecule has 78 valence electrons. The summed E-state index contributed by atoms with van der Waals surface area (Å²) >= 11 is 1.67. The molecule has 0 bridgehead atoms. The lowest BCUT2D eigenvalue weighted by molar-refractivity contribution is 0.997. The number of rotatable bonds is 4. The molecule has 4 nitrogen and oxygen atoms in total. The number of pyridine rings is 1. The van der Waals surface area contributed by atoms with Crippen LogP contribution in [0.15, 0.2) is 29.9 Å². The van der Waals surface area contributed by atoms with E-state index in [0.29, 0.717) is 5.82 Å². The van der Waals surface area contributed by atoms with Gasteiger partial charge in [-0.25, -0.2) is 9.97 Å². The van der Waals surface area contributed by atoms with Crippen molar-refractivity contribution in [1.29, 1.82) is 0 Å². The minimum Gasteiger partial charge on any atom is -0.384 e. The van der Waals surface area contributed by atoms with Gasteiger partial charge < -0.3 is 11.1 Å². The lowest BCUT2D eigenvalue weighted by Crippen LogP contribution is -2.05. The Morgan fingerprint density at radius 2 is 2.27 bits per heavy atom. The van der Waals surface area contributed by atoms with Crippen LogP contribution in [0.1, 0.15) is 5.01 Å². The minimum atomic E-state index is 0.536. The van der Waals surface area contributed by atoms with Crippen LogP contribution < -0.4 is 11.1 Å². The molecule has 3 N–H and O–H groups in total. The highest BCUT2D eigenvalue weighted by Crippen LogP contribution is 2.10. The van der Waals surface area contributed by atoms with Crippen molar-refractivity contribution in [3.8, 4) is 0 Å². The average molecular weight is 220 g/mol. The van der Waals surface area contributed by atoms with Crippen LogP contribution in [0.5, 0.6) is 0 Å². The molecule has 2 aromatic heterocycles. The van der Waals surface area contributed by atoms with Gasteiger partial charge in [-0.2, -0.15) is 0 Å². The van der Waals surface area contributed by atoms with Gasteiger partial charge in [0, 0.05) is 42.5 Å². The van der Waals surface area contributed by atoms with Crippen molar-refractivity contribution in [3.63, 3.8) is 0 Å². The molecule has 0 aliphatic rings. The van der Waals surface area contributed by atoms with E-state index in [9.17, 15) is 0 Å². The van der Waals surface area contributed by atoms with Gasteiger partial charge in [-0.1, -0.05) is 0 Å². The Morgan fingerprint density at radius 3 is 3.00 bits per heavy atom. The Kier molecular flexibility index (Phi) is 3.14. The highest BCUT2D eigenvalue weighted by atomic mass is 32.1. The third-order valence-corrected chi connectivity index (χ3v) is 2.77. The molecular weight excluding hydrogens is 208 g/mol. The largest absolute Gasteiger partial charge is 0.384 e. The fraction of sp³-hybridized carbons (Fsp3) is 0.200. The van der Waals surface area contributed by atoms with E-state index in [0.717, 1.165) is 23.7 Å². The SMILES string of the molecule is Nc1cc(NCCc2nccs2)ccn1. The number of nitrogen functional groups attached to an aromatic ring is 1. The first-order valence-electron chi connectivity index (χ1n) is 4.68. The molecule has 2 heterocycles. The molecule has 2 aromatic rings. The molecule has 0 unspecified atom stereocenters. The number of anilines is 2. The van der Waals surface area contributed by atoms with Crippen molar-refractivity contribution in [2.45, 2.75) is 6.42 Å². The number of nitrogens with one attached hydrogen (secondary N) is 1. The molecule has 2 rings (SSSR count). The van der Waals surface area contributed by atoms with E-state index < -0.39 is 0 Å². The summed E-state index contributed by atoms with van der Waals surface area (Å²) in [5.74, 6) is 0.536. The molecule has 0 saturated carbocycles. The summed E-state index contributed by atoms with van der Waals surface area (Å²) in [7, 11) is 0. The Balaban J connectivity index is 1.83. The molecule has 0 aliphatic heterocycles. The molecule has 0 radical (unpaired) electrons. The molecule has 0 amide bonds. The zero-order valence-electron chi connectivity index (χ0n) is 8.18. The topological polar surface area (TPSA) is 63.8 Å². The van der Waals surface area contributed by atoms with Crippen molar-refractivity contribution in [2.24, 2.45) is 0 Å². The van der Waals surface area contributed by atoms with E-state index in [1.54, 1.807) is 17.5 Å². The normalized spacial score (nSPS) is 10.1. The molecule has 0 atom stereocenters. The van der Waals surface area contributed by atoms with Gasteiger partial charge in [0.25, 0.3) is 0 Å². The van der Waals surface area contributed by atoms with Crippen LogP contribution in [0, 0.1) is 0 Å². The van der Waals surface area contributed by atoms with Gasteiger partial charge in [-0.05, 0) is 6.07 Å². The molecule has 15 heavy (non-hydrogen) atoms. The van der Waals surface area contributed by atoms with Gasteiger partial charge in [-0.3, -0.25) is 0 Å². The Bertz CT molecular complexity index is 413. The van der Waals surface area contributed by atoms with E-state index in [-0.39, 0.29) is 0 Å². The maximum absolute atomic E-state index is 5.56. The van der Waals surface area contributed by atoms with Crippen molar-refractivity contribution in [3.05, 3.63) is 34.9 Å². The Morgan fingerprint density at radius 1 is 1.33 bits per heavy atom. The van der Waals surface area contributed by atoms with Gasteiger partial charge in [0.2, 0.25) is 0 Å². The average Bonchev–Trinajstić information content (AvgIpc) is 2.71. The highest BCUT2D eigenvalue weighted by Gasteiger charge is 1.96. The van der Waals surface area contributed by atoms with Crippen molar-refractivity contribution >= 4 is 22.8 Å². The van der Waals surface area contributed by atoms with Crippen LogP contribution in [0.3, 0.4) is 0 Å². The summed E-state index contributed by atoms with van der Waals surface area (Å²) in [6, 6.07) is 3.72. The molecule has 0 fully saturated rings. The predicted octanol–water partition coefficient (Wildman–Crippen LogP) is 1.77. The maximum atomic E-state index is 5.56. The van der Waals surface area contributed by atoms with Crippen LogP contribution >= 0.6 is 11.3 Å². The second-order valence-electron chi connectivity index (χ2n) is 3.07. The molecule has 0 aliphatic carbocycles. The van der Waals surface area contributed by atoms with Gasteiger partial charge in [0.1, 0.15) is 5.82 Å². The molecule has 5 heteroatoms. The van der Waals surface area contributed by atoms with E-state index in [1.807, 2.05) is 23.7 Å². The van der Waals surface area contributed by atoms with Crippen molar-refractivity contribution in [1.82, 2.24) is 9.97 Å². The molecule has 0 spiro atoms. The summed E-state index contributed by atoms with van der Waals surface area (Å²) in [4.78, 5) is 8.13. The van der Waals surface area contributed by atoms with Crippen molar-refractivity contribution in [2.75, 3.05) is 17.6 Å². The Hall–Kier alpha value is -1.62. The molecule has 0 aromatic carbocycles. The maximum Gasteiger partial charge on any atom is 0.125 e. The van der Waals surface area contributed by atoms with Crippen LogP contribution in [-0.4, -0.2) is 16.5 Å². The van der Waals surface area contributed by atoms with Gasteiger partial charge in [0.05, 0.1) is 5.01 Å². The first kappa shape index (κ1) is 9.92. The summed E-state index contributed by atoms with van der Waals surface area (Å²) < 4.78 is 0. The number of nitrogens with two attached hydrogens (primary N) is 1. The zero-order chi connectivity index (χ0) is 10.5. The number of hydrogen-bond acceptors (Lipinski definition) is 5. The number of aromatic nitrogens is 2. The van der Waals surface area contributed by atoms with Gasteiger partial charge >= 0.3 is 0 Å². The lowest BCUT2D eigenvalue weighted by Gasteiger charge is -2.04. The highest BCUT2D eigenvalue weighted by molar-refractivity contribution is 7.09. The second-order valence-corrected chi connectivity index (χ2v) is 4.05. The number of hydrogen-bond donors (Lipinski definition) is 2. The minimum absolute atomic E-state index is 0.536. The van der Waals surface area contributed by atoms with E-state index >= 15 is 0 Å². The van der Waals surface area contributed by atoms with Crippen LogP contribution in [0.4, 0.5) is 11.5 Å². The number of nitrogens with zero attached hydrogens (tertiary/aromatic N) is 2. The first-order chi connectivity index (χ1) is 7.34. The quantitative estimate of drug-likeness (QED) is 0.824. The third-order valence-electron chi connectivity index (χ3n) is 1.93. The fourth-order valence-electron chi connectivity index (χ4n) is 1.25. The van der Waals surface area contributed by atoms with Crippen LogP contribution in [0.25, 0.3) is 0 Å². The van der Waals surface area contributed by atoms with Gasteiger partial charge in [-0.15, -0.1) is 11.3 Å². The first-order valence-corrected chi connectivity index (χ1v) is 5.56.